The van der Waals surface area contributed by atoms with Crippen molar-refractivity contribution >= 4 is 28.5 Å². The highest BCUT2D eigenvalue weighted by molar-refractivity contribution is 6.18. The van der Waals surface area contributed by atoms with Gasteiger partial charge in [0.2, 0.25) is 5.91 Å². The Hall–Kier alpha value is -4.20. The van der Waals surface area contributed by atoms with Gasteiger partial charge in [0.25, 0.3) is 0 Å². The van der Waals surface area contributed by atoms with E-state index in [2.05, 4.69) is 25.6 Å². The molecule has 5 rings (SSSR count). The number of benzene rings is 2. The van der Waals surface area contributed by atoms with Crippen molar-refractivity contribution in [2.24, 2.45) is 0 Å². The molecule has 3 N–H and O–H groups in total. The van der Waals surface area contributed by atoms with Crippen LogP contribution >= 0.6 is 0 Å². The van der Waals surface area contributed by atoms with Crippen LogP contribution in [0.2, 0.25) is 0 Å². The number of hydrogen-bond acceptors (Lipinski definition) is 6. The normalized spacial score (nSPS) is 17.2. The van der Waals surface area contributed by atoms with E-state index < -0.39 is 0 Å². The van der Waals surface area contributed by atoms with Crippen LogP contribution in [-0.2, 0) is 4.79 Å². The van der Waals surface area contributed by atoms with E-state index >= 15 is 0 Å². The lowest BCUT2D eigenvalue weighted by molar-refractivity contribution is -0.120. The molecule has 4 aromatic rings. The Bertz CT molecular complexity index is 1290. The average Bonchev–Trinajstić information content (AvgIpc) is 3.23. The Morgan fingerprint density at radius 2 is 1.70 bits per heavy atom. The Labute approximate surface area is 190 Å². The summed E-state index contributed by atoms with van der Waals surface area (Å²) in [6.45, 7) is 1.52. The fraction of sp³-hybridized carbons (Fsp3) is 0.200. The first-order chi connectivity index (χ1) is 16.1. The molecule has 2 heterocycles. The first kappa shape index (κ1) is 20.7. The van der Waals surface area contributed by atoms with Gasteiger partial charge in [-0.25, -0.2) is 9.97 Å². The van der Waals surface area contributed by atoms with E-state index in [1.807, 2.05) is 30.3 Å². The molecule has 33 heavy (non-hydrogen) atoms. The van der Waals surface area contributed by atoms with Crippen molar-refractivity contribution in [2.75, 3.05) is 5.32 Å². The quantitative estimate of drug-likeness (QED) is 0.373. The number of nitrogens with one attached hydrogen (secondary N) is 3. The van der Waals surface area contributed by atoms with Crippen molar-refractivity contribution < 1.29 is 14.3 Å². The molecule has 0 aliphatic heterocycles. The van der Waals surface area contributed by atoms with Crippen molar-refractivity contribution in [2.45, 2.75) is 31.8 Å². The maximum Gasteiger partial charge on any atom is 0.217 e. The molecule has 1 fully saturated rings. The zero-order valence-corrected chi connectivity index (χ0v) is 18.0. The maximum atomic E-state index is 13.3. The molecule has 8 nitrogen and oxygen atoms in total. The van der Waals surface area contributed by atoms with Gasteiger partial charge in [-0.05, 0) is 49.2 Å². The zero-order valence-electron chi connectivity index (χ0n) is 18.0. The number of ketones is 1. The summed E-state index contributed by atoms with van der Waals surface area (Å²) in [4.78, 5) is 36.2. The molecule has 0 saturated heterocycles. The van der Waals surface area contributed by atoms with Gasteiger partial charge in [0, 0.05) is 30.8 Å². The van der Waals surface area contributed by atoms with Crippen molar-refractivity contribution in [1.29, 1.82) is 0 Å². The number of amides is 1. The minimum absolute atomic E-state index is 0.0263. The summed E-state index contributed by atoms with van der Waals surface area (Å²) in [5.74, 6) is 1.84. The number of aromatic nitrogens is 3. The second-order valence-corrected chi connectivity index (χ2v) is 8.13. The van der Waals surface area contributed by atoms with Crippen LogP contribution in [0.3, 0.4) is 0 Å². The number of para-hydroxylation sites is 1. The summed E-state index contributed by atoms with van der Waals surface area (Å²) >= 11 is 0. The largest absolute Gasteiger partial charge is 0.457 e. The van der Waals surface area contributed by atoms with Gasteiger partial charge in [0.05, 0.1) is 10.9 Å². The molecule has 2 aromatic carbocycles. The molecule has 1 saturated carbocycles. The number of fused-ring (bicyclic) bond motifs is 1. The van der Waals surface area contributed by atoms with E-state index in [4.69, 9.17) is 4.74 Å². The van der Waals surface area contributed by atoms with Crippen LogP contribution in [0.4, 0.5) is 5.82 Å². The standard InChI is InChI=1S/C25H23N5O3/c1-15(31)29-17-11-18(12-17)30-25-22-21(13-26-24(22)27-14-28-25)23(32)16-7-9-20(10-8-16)33-19-5-3-2-4-6-19/h2-10,13-14,17-18H,11-12H2,1H3,(H,29,31)(H2,26,27,28,30). The highest BCUT2D eigenvalue weighted by Crippen LogP contribution is 2.30. The number of carbonyl (C=O) groups is 2. The van der Waals surface area contributed by atoms with E-state index in [9.17, 15) is 9.59 Å². The molecule has 1 aliphatic carbocycles. The van der Waals surface area contributed by atoms with Crippen molar-refractivity contribution in [3.05, 3.63) is 78.2 Å². The molecule has 8 heteroatoms. The van der Waals surface area contributed by atoms with Crippen LogP contribution in [-0.4, -0.2) is 38.7 Å². The molecular formula is C25H23N5O3. The number of aromatic amines is 1. The lowest BCUT2D eigenvalue weighted by Crippen LogP contribution is -2.49. The van der Waals surface area contributed by atoms with Crippen LogP contribution in [0, 0.1) is 0 Å². The summed E-state index contributed by atoms with van der Waals surface area (Å²) in [6.07, 6.45) is 4.75. The number of ether oxygens (including phenoxy) is 1. The van der Waals surface area contributed by atoms with Crippen molar-refractivity contribution in [3.63, 3.8) is 0 Å². The summed E-state index contributed by atoms with van der Waals surface area (Å²) in [5.41, 5.74) is 1.64. The summed E-state index contributed by atoms with van der Waals surface area (Å²) in [7, 11) is 0. The minimum Gasteiger partial charge on any atom is -0.457 e. The fourth-order valence-corrected chi connectivity index (χ4v) is 4.04. The molecule has 1 amide bonds. The van der Waals surface area contributed by atoms with Gasteiger partial charge in [0.1, 0.15) is 29.3 Å². The predicted molar refractivity (Wildman–Crippen MR) is 125 cm³/mol. The molecule has 0 atom stereocenters. The zero-order chi connectivity index (χ0) is 22.8. The molecular weight excluding hydrogens is 418 g/mol. The van der Waals surface area contributed by atoms with E-state index in [1.54, 1.807) is 30.5 Å². The van der Waals surface area contributed by atoms with Gasteiger partial charge in [-0.3, -0.25) is 9.59 Å². The van der Waals surface area contributed by atoms with E-state index in [0.29, 0.717) is 33.7 Å². The third-order valence-corrected chi connectivity index (χ3v) is 5.70. The molecule has 0 bridgehead atoms. The van der Waals surface area contributed by atoms with E-state index in [-0.39, 0.29) is 23.8 Å². The Morgan fingerprint density at radius 3 is 2.42 bits per heavy atom. The van der Waals surface area contributed by atoms with Gasteiger partial charge in [0.15, 0.2) is 5.78 Å². The number of anilines is 1. The van der Waals surface area contributed by atoms with Crippen LogP contribution in [0.5, 0.6) is 11.5 Å². The molecule has 1 aliphatic rings. The summed E-state index contributed by atoms with van der Waals surface area (Å²) < 4.78 is 5.81. The van der Waals surface area contributed by atoms with Crippen molar-refractivity contribution in [1.82, 2.24) is 20.3 Å². The number of carbonyl (C=O) groups excluding carboxylic acids is 2. The second kappa shape index (κ2) is 8.74. The van der Waals surface area contributed by atoms with Gasteiger partial charge in [-0.2, -0.15) is 0 Å². The first-order valence-electron chi connectivity index (χ1n) is 10.8. The monoisotopic (exact) mass is 441 g/mol. The molecule has 0 radical (unpaired) electrons. The van der Waals surface area contributed by atoms with Gasteiger partial charge in [-0.1, -0.05) is 18.2 Å². The van der Waals surface area contributed by atoms with Crippen molar-refractivity contribution in [3.8, 4) is 11.5 Å². The fourth-order valence-electron chi connectivity index (χ4n) is 4.04. The Balaban J connectivity index is 1.34. The van der Waals surface area contributed by atoms with Gasteiger partial charge >= 0.3 is 0 Å². The molecule has 166 valence electrons. The number of nitrogens with zero attached hydrogens (tertiary/aromatic N) is 2. The molecule has 2 aromatic heterocycles. The molecule has 0 unspecified atom stereocenters. The van der Waals surface area contributed by atoms with E-state index in [1.165, 1.54) is 13.3 Å². The van der Waals surface area contributed by atoms with Gasteiger partial charge in [-0.15, -0.1) is 0 Å². The topological polar surface area (TPSA) is 109 Å². The van der Waals surface area contributed by atoms with Gasteiger partial charge < -0.3 is 20.4 Å². The first-order valence-corrected chi connectivity index (χ1v) is 10.8. The third kappa shape index (κ3) is 4.41. The highest BCUT2D eigenvalue weighted by atomic mass is 16.5. The SMILES string of the molecule is CC(=O)NC1CC(Nc2ncnc3[nH]cc(C(=O)c4ccc(Oc5ccccc5)cc4)c23)C1. The third-order valence-electron chi connectivity index (χ3n) is 5.70. The Morgan fingerprint density at radius 1 is 0.970 bits per heavy atom. The van der Waals surface area contributed by atoms with Crippen LogP contribution in [0.25, 0.3) is 11.0 Å². The van der Waals surface area contributed by atoms with Crippen LogP contribution in [0.15, 0.2) is 67.1 Å². The average molecular weight is 441 g/mol. The number of H-pyrrole nitrogens is 1. The number of hydrogen-bond donors (Lipinski definition) is 3. The van der Waals surface area contributed by atoms with Crippen LogP contribution in [0.1, 0.15) is 35.7 Å². The lowest BCUT2D eigenvalue weighted by Gasteiger charge is -2.36. The Kier molecular flexibility index (Phi) is 5.48. The summed E-state index contributed by atoms with van der Waals surface area (Å²) in [5, 5.41) is 6.98. The molecule has 0 spiro atoms. The smallest absolute Gasteiger partial charge is 0.217 e. The summed E-state index contributed by atoms with van der Waals surface area (Å²) in [6, 6.07) is 16.9. The lowest BCUT2D eigenvalue weighted by atomic mass is 9.86. The number of rotatable bonds is 7. The highest BCUT2D eigenvalue weighted by Gasteiger charge is 2.31. The van der Waals surface area contributed by atoms with E-state index in [0.717, 1.165) is 18.6 Å². The predicted octanol–water partition coefficient (Wildman–Crippen LogP) is 4.06. The second-order valence-electron chi connectivity index (χ2n) is 8.13. The maximum absolute atomic E-state index is 13.3. The van der Waals surface area contributed by atoms with Crippen LogP contribution < -0.4 is 15.4 Å². The minimum atomic E-state index is -0.130.